The number of amides is 2. The number of nitrogens with zero attached hydrogens (tertiary/aromatic N) is 2. The van der Waals surface area contributed by atoms with Gasteiger partial charge in [-0.2, -0.15) is 13.2 Å². The lowest BCUT2D eigenvalue weighted by Gasteiger charge is -2.39. The van der Waals surface area contributed by atoms with Gasteiger partial charge in [-0.05, 0) is 43.2 Å². The first-order valence-electron chi connectivity index (χ1n) is 8.59. The summed E-state index contributed by atoms with van der Waals surface area (Å²) >= 11 is 0. The molecule has 0 saturated heterocycles. The Bertz CT molecular complexity index is 811. The molecule has 140 valence electrons. The Morgan fingerprint density at radius 1 is 1.19 bits per heavy atom. The zero-order valence-electron chi connectivity index (χ0n) is 15.0. The van der Waals surface area contributed by atoms with Gasteiger partial charge in [0.05, 0.1) is 11.6 Å². The summed E-state index contributed by atoms with van der Waals surface area (Å²) in [6.07, 6.45) is -4.44. The highest BCUT2D eigenvalue weighted by atomic mass is 19.4. The van der Waals surface area contributed by atoms with Crippen LogP contribution in [0.25, 0.3) is 0 Å². The van der Waals surface area contributed by atoms with Gasteiger partial charge in [0.15, 0.2) is 0 Å². The van der Waals surface area contributed by atoms with Crippen LogP contribution in [0.1, 0.15) is 36.8 Å². The number of fused-ring (bicyclic) bond motifs is 1. The molecule has 1 atom stereocenters. The molecule has 0 saturated carbocycles. The molecule has 1 aliphatic rings. The van der Waals surface area contributed by atoms with Crippen LogP contribution in [-0.4, -0.2) is 22.0 Å². The number of anilines is 1. The number of aryl methyl sites for hydroxylation is 1. The quantitative estimate of drug-likeness (QED) is 0.794. The van der Waals surface area contributed by atoms with Crippen LogP contribution >= 0.6 is 0 Å². The summed E-state index contributed by atoms with van der Waals surface area (Å²) < 4.78 is 40.8. The standard InChI is InChI=1S/C19H22F3N3O/c1-12(2)17-16-8-7-13(3)24(16)9-10-25(17)18(26)23-15-6-4-5-14(11-15)19(20,21)22/h4-8,11-12,17H,9-10H2,1-3H3,(H,23,26)/t17-/m1/s1. The Balaban J connectivity index is 1.84. The lowest BCUT2D eigenvalue weighted by Crippen LogP contribution is -2.46. The van der Waals surface area contributed by atoms with Crippen molar-refractivity contribution >= 4 is 11.7 Å². The largest absolute Gasteiger partial charge is 0.416 e. The maximum atomic E-state index is 12.9. The highest BCUT2D eigenvalue weighted by molar-refractivity contribution is 5.89. The minimum atomic E-state index is -4.44. The van der Waals surface area contributed by atoms with Crippen LogP contribution in [0.5, 0.6) is 0 Å². The van der Waals surface area contributed by atoms with E-state index in [1.165, 1.54) is 12.1 Å². The van der Waals surface area contributed by atoms with E-state index >= 15 is 0 Å². The van der Waals surface area contributed by atoms with Gasteiger partial charge >= 0.3 is 12.2 Å². The first-order valence-corrected chi connectivity index (χ1v) is 8.59. The van der Waals surface area contributed by atoms with Crippen LogP contribution < -0.4 is 5.32 Å². The molecule has 0 unspecified atom stereocenters. The molecule has 2 heterocycles. The number of halogens is 3. The van der Waals surface area contributed by atoms with Crippen molar-refractivity contribution in [3.05, 3.63) is 53.3 Å². The number of nitrogens with one attached hydrogen (secondary N) is 1. The van der Waals surface area contributed by atoms with E-state index in [9.17, 15) is 18.0 Å². The lowest BCUT2D eigenvalue weighted by molar-refractivity contribution is -0.137. The van der Waals surface area contributed by atoms with E-state index in [-0.39, 0.29) is 23.7 Å². The molecule has 2 aromatic rings. The molecule has 4 nitrogen and oxygen atoms in total. The minimum absolute atomic E-state index is 0.122. The third kappa shape index (κ3) is 3.43. The third-order valence-electron chi connectivity index (χ3n) is 4.77. The average molecular weight is 365 g/mol. The fourth-order valence-electron chi connectivity index (χ4n) is 3.56. The molecule has 2 amide bonds. The van der Waals surface area contributed by atoms with Crippen molar-refractivity contribution in [3.63, 3.8) is 0 Å². The molecule has 26 heavy (non-hydrogen) atoms. The van der Waals surface area contributed by atoms with E-state index in [0.717, 1.165) is 23.5 Å². The van der Waals surface area contributed by atoms with Crippen molar-refractivity contribution in [2.24, 2.45) is 5.92 Å². The van der Waals surface area contributed by atoms with Crippen LogP contribution in [0.2, 0.25) is 0 Å². The molecule has 0 aliphatic carbocycles. The van der Waals surface area contributed by atoms with Crippen LogP contribution in [-0.2, 0) is 12.7 Å². The van der Waals surface area contributed by atoms with Gasteiger partial charge in [-0.15, -0.1) is 0 Å². The number of urea groups is 1. The molecule has 3 rings (SSSR count). The number of hydrogen-bond acceptors (Lipinski definition) is 1. The van der Waals surface area contributed by atoms with Gasteiger partial charge in [0.1, 0.15) is 0 Å². The Morgan fingerprint density at radius 3 is 2.58 bits per heavy atom. The van der Waals surface area contributed by atoms with E-state index in [1.807, 2.05) is 32.9 Å². The van der Waals surface area contributed by atoms with Crippen LogP contribution in [0.3, 0.4) is 0 Å². The van der Waals surface area contributed by atoms with Gasteiger partial charge < -0.3 is 14.8 Å². The smallest absolute Gasteiger partial charge is 0.345 e. The van der Waals surface area contributed by atoms with Crippen molar-refractivity contribution in [3.8, 4) is 0 Å². The molecule has 0 bridgehead atoms. The van der Waals surface area contributed by atoms with Crippen molar-refractivity contribution in [1.82, 2.24) is 9.47 Å². The van der Waals surface area contributed by atoms with Gasteiger partial charge in [-0.25, -0.2) is 4.79 Å². The van der Waals surface area contributed by atoms with E-state index in [2.05, 4.69) is 9.88 Å². The molecular weight excluding hydrogens is 343 g/mol. The molecule has 0 radical (unpaired) electrons. The predicted molar refractivity (Wildman–Crippen MR) is 93.9 cm³/mol. The van der Waals surface area contributed by atoms with E-state index in [0.29, 0.717) is 13.1 Å². The number of rotatable bonds is 2. The summed E-state index contributed by atoms with van der Waals surface area (Å²) in [4.78, 5) is 14.5. The number of aromatic nitrogens is 1. The van der Waals surface area contributed by atoms with Crippen molar-refractivity contribution in [2.75, 3.05) is 11.9 Å². The third-order valence-corrected chi connectivity index (χ3v) is 4.77. The summed E-state index contributed by atoms with van der Waals surface area (Å²) in [6.45, 7) is 7.28. The molecule has 7 heteroatoms. The number of benzene rings is 1. The highest BCUT2D eigenvalue weighted by Crippen LogP contribution is 2.34. The summed E-state index contributed by atoms with van der Waals surface area (Å²) in [7, 11) is 0. The number of alkyl halides is 3. The second-order valence-corrected chi connectivity index (χ2v) is 6.94. The minimum Gasteiger partial charge on any atom is -0.345 e. The summed E-state index contributed by atoms with van der Waals surface area (Å²) in [5.41, 5.74) is 1.56. The normalized spacial score (nSPS) is 17.3. The number of carbonyl (C=O) groups excluding carboxylic acids is 1. The Kier molecular flexibility index (Phi) is 4.73. The molecule has 1 N–H and O–H groups in total. The molecular formula is C19H22F3N3O. The first kappa shape index (κ1) is 18.4. The van der Waals surface area contributed by atoms with E-state index in [1.54, 1.807) is 4.90 Å². The Labute approximate surface area is 150 Å². The molecule has 0 spiro atoms. The number of hydrogen-bond donors (Lipinski definition) is 1. The number of carbonyl (C=O) groups is 1. The zero-order valence-corrected chi connectivity index (χ0v) is 15.0. The van der Waals surface area contributed by atoms with Gasteiger partial charge in [0.25, 0.3) is 0 Å². The van der Waals surface area contributed by atoms with Gasteiger partial charge in [0, 0.05) is 30.2 Å². The molecule has 1 aromatic heterocycles. The predicted octanol–water partition coefficient (Wildman–Crippen LogP) is 5.06. The van der Waals surface area contributed by atoms with Crippen LogP contribution in [0.4, 0.5) is 23.7 Å². The Hall–Kier alpha value is -2.44. The first-order chi connectivity index (χ1) is 12.2. The molecule has 1 aliphatic heterocycles. The van der Waals surface area contributed by atoms with Crippen LogP contribution in [0, 0.1) is 12.8 Å². The van der Waals surface area contributed by atoms with Crippen LogP contribution in [0.15, 0.2) is 36.4 Å². The van der Waals surface area contributed by atoms with Crippen molar-refractivity contribution in [1.29, 1.82) is 0 Å². The lowest BCUT2D eigenvalue weighted by atomic mass is 9.97. The molecule has 1 aromatic carbocycles. The van der Waals surface area contributed by atoms with Gasteiger partial charge in [0.2, 0.25) is 0 Å². The van der Waals surface area contributed by atoms with Gasteiger partial charge in [-0.3, -0.25) is 0 Å². The summed E-state index contributed by atoms with van der Waals surface area (Å²) in [5, 5.41) is 2.62. The Morgan fingerprint density at radius 2 is 1.92 bits per heavy atom. The van der Waals surface area contributed by atoms with E-state index < -0.39 is 11.7 Å². The topological polar surface area (TPSA) is 37.3 Å². The molecule has 0 fully saturated rings. The van der Waals surface area contributed by atoms with Gasteiger partial charge in [-0.1, -0.05) is 19.9 Å². The summed E-state index contributed by atoms with van der Waals surface area (Å²) in [5.74, 6) is 0.176. The van der Waals surface area contributed by atoms with Crippen molar-refractivity contribution < 1.29 is 18.0 Å². The monoisotopic (exact) mass is 365 g/mol. The maximum Gasteiger partial charge on any atom is 0.416 e. The highest BCUT2D eigenvalue weighted by Gasteiger charge is 2.34. The second-order valence-electron chi connectivity index (χ2n) is 6.94. The zero-order chi connectivity index (χ0) is 19.1. The maximum absolute atomic E-state index is 12.9. The van der Waals surface area contributed by atoms with Crippen molar-refractivity contribution in [2.45, 2.75) is 39.5 Å². The SMILES string of the molecule is Cc1ccc2n1CCN(C(=O)Nc1cccc(C(F)(F)F)c1)[C@@H]2C(C)C. The fourth-order valence-corrected chi connectivity index (χ4v) is 3.56. The van der Waals surface area contributed by atoms with E-state index in [4.69, 9.17) is 0 Å². The average Bonchev–Trinajstić information content (AvgIpc) is 2.94. The second kappa shape index (κ2) is 6.70. The summed E-state index contributed by atoms with van der Waals surface area (Å²) in [6, 6.07) is 8.25. The fraction of sp³-hybridized carbons (Fsp3) is 0.421.